The molecule has 0 radical (unpaired) electrons. The van der Waals surface area contributed by atoms with E-state index in [-0.39, 0.29) is 24.2 Å². The van der Waals surface area contributed by atoms with E-state index in [9.17, 15) is 9.59 Å². The van der Waals surface area contributed by atoms with Crippen molar-refractivity contribution in [3.05, 3.63) is 47.6 Å². The Morgan fingerprint density at radius 1 is 1.46 bits per heavy atom. The Bertz CT molecular complexity index is 757. The van der Waals surface area contributed by atoms with Crippen LogP contribution in [-0.4, -0.2) is 33.4 Å². The minimum absolute atomic E-state index is 0.00495. The Morgan fingerprint density at radius 3 is 3.04 bits per heavy atom. The maximum atomic E-state index is 12.4. The number of nitrogens with zero attached hydrogens (tertiary/aromatic N) is 3. The van der Waals surface area contributed by atoms with E-state index in [1.54, 1.807) is 17.3 Å². The largest absolute Gasteiger partial charge is 0.361 e. The van der Waals surface area contributed by atoms with Crippen LogP contribution < -0.4 is 5.32 Å². The summed E-state index contributed by atoms with van der Waals surface area (Å²) in [7, 11) is 0. The zero-order valence-electron chi connectivity index (χ0n) is 15.1. The molecule has 0 bridgehead atoms. The number of hydrogen-bond donors (Lipinski definition) is 1. The van der Waals surface area contributed by atoms with Gasteiger partial charge in [-0.05, 0) is 17.5 Å². The maximum absolute atomic E-state index is 12.4. The van der Waals surface area contributed by atoms with Crippen LogP contribution in [0, 0.1) is 11.8 Å². The van der Waals surface area contributed by atoms with Crippen molar-refractivity contribution in [2.24, 2.45) is 11.8 Å². The molecule has 2 aromatic heterocycles. The first-order chi connectivity index (χ1) is 12.5. The van der Waals surface area contributed by atoms with E-state index in [2.05, 4.69) is 29.3 Å². The third-order valence-electron chi connectivity index (χ3n) is 4.34. The number of hydrogen-bond acceptors (Lipinski definition) is 5. The number of aromatic nitrogens is 2. The molecule has 2 aromatic rings. The van der Waals surface area contributed by atoms with Crippen LogP contribution in [0.25, 0.3) is 0 Å². The van der Waals surface area contributed by atoms with Crippen molar-refractivity contribution in [1.82, 2.24) is 20.4 Å². The number of carbonyl (C=O) groups excluding carboxylic acids is 2. The van der Waals surface area contributed by atoms with Crippen molar-refractivity contribution in [2.45, 2.75) is 39.8 Å². The van der Waals surface area contributed by atoms with Gasteiger partial charge in [-0.3, -0.25) is 14.6 Å². The van der Waals surface area contributed by atoms with Crippen LogP contribution in [0.1, 0.15) is 37.3 Å². The molecule has 1 N–H and O–H groups in total. The molecule has 3 heterocycles. The fourth-order valence-electron chi connectivity index (χ4n) is 3.07. The second-order valence-electron chi connectivity index (χ2n) is 7.14. The predicted molar refractivity (Wildman–Crippen MR) is 94.7 cm³/mol. The monoisotopic (exact) mass is 356 g/mol. The van der Waals surface area contributed by atoms with Crippen molar-refractivity contribution in [3.8, 4) is 0 Å². The summed E-state index contributed by atoms with van der Waals surface area (Å²) in [5.74, 6) is 0.847. The summed E-state index contributed by atoms with van der Waals surface area (Å²) in [4.78, 5) is 30.3. The topological polar surface area (TPSA) is 88.3 Å². The quantitative estimate of drug-likeness (QED) is 0.819. The van der Waals surface area contributed by atoms with E-state index in [0.717, 1.165) is 17.7 Å². The van der Waals surface area contributed by atoms with Crippen LogP contribution in [0.15, 0.2) is 35.1 Å². The molecule has 1 aliphatic heterocycles. The predicted octanol–water partition coefficient (Wildman–Crippen LogP) is 1.93. The fourth-order valence-corrected chi connectivity index (χ4v) is 3.07. The van der Waals surface area contributed by atoms with E-state index in [1.807, 2.05) is 18.2 Å². The molecule has 2 amide bonds. The minimum atomic E-state index is -0.332. The Balaban J connectivity index is 1.49. The first kappa shape index (κ1) is 18.1. The van der Waals surface area contributed by atoms with Gasteiger partial charge < -0.3 is 14.7 Å². The first-order valence-electron chi connectivity index (χ1n) is 8.90. The maximum Gasteiger partial charge on any atom is 0.225 e. The molecule has 138 valence electrons. The van der Waals surface area contributed by atoms with Crippen molar-refractivity contribution in [1.29, 1.82) is 0 Å². The lowest BCUT2D eigenvalue weighted by Gasteiger charge is -2.16. The minimum Gasteiger partial charge on any atom is -0.361 e. The van der Waals surface area contributed by atoms with Gasteiger partial charge in [-0.25, -0.2) is 0 Å². The molecular formula is C19H24N4O3. The van der Waals surface area contributed by atoms with Gasteiger partial charge in [0.05, 0.1) is 12.5 Å². The number of nitrogens with one attached hydrogen (secondary N) is 1. The van der Waals surface area contributed by atoms with E-state index in [1.165, 1.54) is 0 Å². The Labute approximate surface area is 152 Å². The molecule has 0 spiro atoms. The zero-order valence-corrected chi connectivity index (χ0v) is 15.1. The molecule has 1 fully saturated rings. The molecule has 0 aromatic carbocycles. The van der Waals surface area contributed by atoms with Gasteiger partial charge >= 0.3 is 0 Å². The van der Waals surface area contributed by atoms with Crippen molar-refractivity contribution < 1.29 is 14.1 Å². The number of pyridine rings is 1. The van der Waals surface area contributed by atoms with Crippen molar-refractivity contribution in [3.63, 3.8) is 0 Å². The summed E-state index contributed by atoms with van der Waals surface area (Å²) in [5, 5.41) is 6.84. The second-order valence-corrected chi connectivity index (χ2v) is 7.14. The highest BCUT2D eigenvalue weighted by molar-refractivity contribution is 5.89. The van der Waals surface area contributed by atoms with Gasteiger partial charge in [0.25, 0.3) is 0 Å². The molecule has 0 aliphatic carbocycles. The molecule has 1 atom stereocenters. The van der Waals surface area contributed by atoms with E-state index in [4.69, 9.17) is 4.52 Å². The molecule has 26 heavy (non-hydrogen) atoms. The summed E-state index contributed by atoms with van der Waals surface area (Å²) in [6.07, 6.45) is 4.49. The standard InChI is InChI=1S/C19H24N4O3/c1-13(2)6-17-8-16(22-26-17)10-21-19(25)15-7-18(24)23(12-15)11-14-4-3-5-20-9-14/h3-5,8-9,13,15H,6-7,10-12H2,1-2H3,(H,21,25)/t15-/m1/s1. The molecule has 7 nitrogen and oxygen atoms in total. The highest BCUT2D eigenvalue weighted by Crippen LogP contribution is 2.20. The SMILES string of the molecule is CC(C)Cc1cc(CNC(=O)[C@@H]2CC(=O)N(Cc3cccnc3)C2)no1. The van der Waals surface area contributed by atoms with Crippen molar-refractivity contribution >= 4 is 11.8 Å². The second kappa shape index (κ2) is 8.12. The van der Waals surface area contributed by atoms with E-state index in [0.29, 0.717) is 31.2 Å². The lowest BCUT2D eigenvalue weighted by atomic mass is 10.1. The lowest BCUT2D eigenvalue weighted by Crippen LogP contribution is -2.32. The first-order valence-corrected chi connectivity index (χ1v) is 8.90. The van der Waals surface area contributed by atoms with Gasteiger partial charge in [-0.15, -0.1) is 0 Å². The Hall–Kier alpha value is -2.70. The Morgan fingerprint density at radius 2 is 2.31 bits per heavy atom. The van der Waals surface area contributed by atoms with Crippen LogP contribution in [0.2, 0.25) is 0 Å². The summed E-state index contributed by atoms with van der Waals surface area (Å²) in [6.45, 7) is 5.44. The van der Waals surface area contributed by atoms with Gasteiger partial charge in [0.15, 0.2) is 0 Å². The Kier molecular flexibility index (Phi) is 5.65. The number of rotatable bonds is 7. The van der Waals surface area contributed by atoms with E-state index < -0.39 is 0 Å². The summed E-state index contributed by atoms with van der Waals surface area (Å²) >= 11 is 0. The van der Waals surface area contributed by atoms with Crippen LogP contribution in [0.4, 0.5) is 0 Å². The van der Waals surface area contributed by atoms with Crippen LogP contribution in [0.5, 0.6) is 0 Å². The lowest BCUT2D eigenvalue weighted by molar-refractivity contribution is -0.129. The average molecular weight is 356 g/mol. The average Bonchev–Trinajstić information content (AvgIpc) is 3.20. The van der Waals surface area contributed by atoms with Crippen LogP contribution in [-0.2, 0) is 29.1 Å². The molecule has 0 saturated carbocycles. The normalized spacial score (nSPS) is 17.1. The smallest absolute Gasteiger partial charge is 0.225 e. The highest BCUT2D eigenvalue weighted by Gasteiger charge is 2.34. The number of amides is 2. The van der Waals surface area contributed by atoms with Gasteiger partial charge in [-0.2, -0.15) is 0 Å². The number of carbonyl (C=O) groups is 2. The molecule has 1 aliphatic rings. The zero-order chi connectivity index (χ0) is 18.5. The summed E-state index contributed by atoms with van der Waals surface area (Å²) in [6, 6.07) is 5.63. The fraction of sp³-hybridized carbons (Fsp3) is 0.474. The molecule has 3 rings (SSSR count). The van der Waals surface area contributed by atoms with Gasteiger partial charge in [0.2, 0.25) is 11.8 Å². The van der Waals surface area contributed by atoms with E-state index >= 15 is 0 Å². The molecule has 7 heteroatoms. The third-order valence-corrected chi connectivity index (χ3v) is 4.34. The highest BCUT2D eigenvalue weighted by atomic mass is 16.5. The van der Waals surface area contributed by atoms with Gasteiger partial charge in [0, 0.05) is 44.4 Å². The van der Waals surface area contributed by atoms with Gasteiger partial charge in [-0.1, -0.05) is 25.1 Å². The molecule has 1 saturated heterocycles. The molecule has 0 unspecified atom stereocenters. The summed E-state index contributed by atoms with van der Waals surface area (Å²) < 4.78 is 5.26. The van der Waals surface area contributed by atoms with Crippen molar-refractivity contribution in [2.75, 3.05) is 6.54 Å². The van der Waals surface area contributed by atoms with Crippen LogP contribution in [0.3, 0.4) is 0 Å². The summed E-state index contributed by atoms with van der Waals surface area (Å²) in [5.41, 5.74) is 1.66. The molecular weight excluding hydrogens is 332 g/mol. The van der Waals surface area contributed by atoms with Gasteiger partial charge in [0.1, 0.15) is 11.5 Å². The number of likely N-dealkylation sites (tertiary alicyclic amines) is 1. The third kappa shape index (κ3) is 4.68. The van der Waals surface area contributed by atoms with Crippen LogP contribution >= 0.6 is 0 Å².